The topological polar surface area (TPSA) is 180 Å². The maximum absolute atomic E-state index is 10.4. The van der Waals surface area contributed by atoms with E-state index in [0.717, 1.165) is 0 Å². The zero-order valence-corrected chi connectivity index (χ0v) is 15.4. The number of ether oxygens (including phenoxy) is 1. The Morgan fingerprint density at radius 1 is 1.00 bits per heavy atom. The van der Waals surface area contributed by atoms with E-state index in [4.69, 9.17) is 20.0 Å². The van der Waals surface area contributed by atoms with Crippen molar-refractivity contribution >= 4 is 7.82 Å². The maximum Gasteiger partial charge on any atom is 0.469 e. The third-order valence-corrected chi connectivity index (χ3v) is 4.24. The average Bonchev–Trinajstić information content (AvgIpc) is 2.55. The second-order valence-electron chi connectivity index (χ2n) is 5.44. The van der Waals surface area contributed by atoms with Crippen LogP contribution in [0.1, 0.15) is 20.8 Å². The summed E-state index contributed by atoms with van der Waals surface area (Å²) in [5.41, 5.74) is 0. The second-order valence-corrected chi connectivity index (χ2v) is 6.68. The zero-order chi connectivity index (χ0) is 19.8. The molecule has 0 spiro atoms. The Bertz CT molecular complexity index is 399. The van der Waals surface area contributed by atoms with E-state index in [1.807, 2.05) is 0 Å². The van der Waals surface area contributed by atoms with Gasteiger partial charge in [0.2, 0.25) is 0 Å². The standard InChI is InChI=1S/C7H15O10P.C6H15N/c8-2(1-16-18(13,14)15)6-4(10)3(9)5(11)7(12)17-6;1-4-7(5-2)6-3/h2-12H,1H2,(H2,13,14,15);4-6H2,1-3H3/t2-,3+,4+,5+,6-,7+;/m1./s1. The molecule has 1 fully saturated rings. The van der Waals surface area contributed by atoms with E-state index < -0.39 is 51.2 Å². The molecule has 6 atom stereocenters. The highest BCUT2D eigenvalue weighted by Crippen LogP contribution is 2.36. The summed E-state index contributed by atoms with van der Waals surface area (Å²) >= 11 is 0. The van der Waals surface area contributed by atoms with Crippen LogP contribution in [0.5, 0.6) is 0 Å². The first-order valence-electron chi connectivity index (χ1n) is 7.96. The van der Waals surface area contributed by atoms with Gasteiger partial charge in [-0.1, -0.05) is 20.8 Å². The van der Waals surface area contributed by atoms with Gasteiger partial charge < -0.3 is 45.0 Å². The zero-order valence-electron chi connectivity index (χ0n) is 14.5. The van der Waals surface area contributed by atoms with Crippen LogP contribution in [-0.2, 0) is 13.8 Å². The van der Waals surface area contributed by atoms with Crippen molar-refractivity contribution in [3.63, 3.8) is 0 Å². The Hall–Kier alpha value is -0.170. The second kappa shape index (κ2) is 11.5. The van der Waals surface area contributed by atoms with Gasteiger partial charge in [0, 0.05) is 0 Å². The molecule has 1 saturated heterocycles. The molecular weight excluding hydrogens is 361 g/mol. The van der Waals surface area contributed by atoms with Gasteiger partial charge in [0.25, 0.3) is 0 Å². The quantitative estimate of drug-likeness (QED) is 0.230. The molecule has 25 heavy (non-hydrogen) atoms. The summed E-state index contributed by atoms with van der Waals surface area (Å²) in [5, 5.41) is 46.6. The highest BCUT2D eigenvalue weighted by atomic mass is 31.2. The molecule has 1 heterocycles. The van der Waals surface area contributed by atoms with Crippen LogP contribution in [0.4, 0.5) is 0 Å². The molecule has 0 bridgehead atoms. The Morgan fingerprint density at radius 2 is 1.48 bits per heavy atom. The number of nitrogens with zero attached hydrogens (tertiary/aromatic N) is 1. The molecule has 0 aromatic carbocycles. The van der Waals surface area contributed by atoms with Crippen molar-refractivity contribution in [1.82, 2.24) is 4.90 Å². The fraction of sp³-hybridized carbons (Fsp3) is 1.00. The van der Waals surface area contributed by atoms with Gasteiger partial charge in [-0.15, -0.1) is 0 Å². The molecule has 0 unspecified atom stereocenters. The van der Waals surface area contributed by atoms with E-state index in [0.29, 0.717) is 0 Å². The number of rotatable bonds is 7. The van der Waals surface area contributed by atoms with Crippen molar-refractivity contribution in [1.29, 1.82) is 0 Å². The predicted molar refractivity (Wildman–Crippen MR) is 86.4 cm³/mol. The van der Waals surface area contributed by atoms with Crippen LogP contribution in [0.3, 0.4) is 0 Å². The first-order chi connectivity index (χ1) is 11.5. The fourth-order valence-electron chi connectivity index (χ4n) is 2.14. The summed E-state index contributed by atoms with van der Waals surface area (Å²) in [5.74, 6) is 0. The summed E-state index contributed by atoms with van der Waals surface area (Å²) in [6.45, 7) is 9.24. The molecule has 7 N–H and O–H groups in total. The monoisotopic (exact) mass is 391 g/mol. The normalized spacial score (nSPS) is 31.4. The Morgan fingerprint density at radius 3 is 1.84 bits per heavy atom. The first kappa shape index (κ1) is 24.8. The van der Waals surface area contributed by atoms with Crippen LogP contribution in [0, 0.1) is 0 Å². The van der Waals surface area contributed by atoms with Crippen LogP contribution >= 0.6 is 7.82 Å². The van der Waals surface area contributed by atoms with Gasteiger partial charge in [-0.25, -0.2) is 4.57 Å². The summed E-state index contributed by atoms with van der Waals surface area (Å²) in [7, 11) is -4.80. The van der Waals surface area contributed by atoms with E-state index in [-0.39, 0.29) is 0 Å². The Balaban J connectivity index is 0.000000697. The van der Waals surface area contributed by atoms with E-state index in [1.54, 1.807) is 0 Å². The van der Waals surface area contributed by atoms with E-state index in [1.165, 1.54) is 19.6 Å². The Labute approximate surface area is 146 Å². The Kier molecular flexibility index (Phi) is 11.4. The van der Waals surface area contributed by atoms with Crippen LogP contribution in [-0.4, -0.2) is 103 Å². The molecule has 0 aromatic rings. The summed E-state index contributed by atoms with van der Waals surface area (Å²) in [6, 6.07) is 0. The highest BCUT2D eigenvalue weighted by molar-refractivity contribution is 7.46. The third kappa shape index (κ3) is 8.85. The molecule has 152 valence electrons. The number of hydrogen-bond donors (Lipinski definition) is 7. The smallest absolute Gasteiger partial charge is 0.388 e. The minimum atomic E-state index is -4.80. The van der Waals surface area contributed by atoms with Gasteiger partial charge in [0.15, 0.2) is 6.29 Å². The van der Waals surface area contributed by atoms with Crippen molar-refractivity contribution in [2.75, 3.05) is 26.2 Å². The summed E-state index contributed by atoms with van der Waals surface area (Å²) in [4.78, 5) is 19.2. The largest absolute Gasteiger partial charge is 0.469 e. The molecule has 0 radical (unpaired) electrons. The van der Waals surface area contributed by atoms with Crippen LogP contribution in [0.25, 0.3) is 0 Å². The molecule has 0 amide bonds. The van der Waals surface area contributed by atoms with Gasteiger partial charge >= 0.3 is 7.82 Å². The minimum Gasteiger partial charge on any atom is -0.388 e. The molecule has 12 heteroatoms. The molecule has 0 aliphatic carbocycles. The number of aliphatic hydroxyl groups excluding tert-OH is 5. The fourth-order valence-corrected chi connectivity index (χ4v) is 2.49. The molecular formula is C13H30NO10P. The lowest BCUT2D eigenvalue weighted by Crippen LogP contribution is -2.61. The number of phosphoric ester groups is 1. The van der Waals surface area contributed by atoms with Crippen LogP contribution in [0.15, 0.2) is 0 Å². The SMILES string of the molecule is CCN(CC)CC.O=P(O)(O)OC[C@@H](O)[C@H]1O[C@H](O)[C@@H](O)[C@@H](O)[C@@H]1O. The lowest BCUT2D eigenvalue weighted by Gasteiger charge is -2.40. The number of aliphatic hydroxyl groups is 5. The summed E-state index contributed by atoms with van der Waals surface area (Å²) < 4.78 is 19.0. The van der Waals surface area contributed by atoms with Crippen molar-refractivity contribution in [3.05, 3.63) is 0 Å². The summed E-state index contributed by atoms with van der Waals surface area (Å²) in [6.07, 6.45) is -10.4. The molecule has 0 saturated carbocycles. The number of hydrogen-bond acceptors (Lipinski definition) is 9. The van der Waals surface area contributed by atoms with Crippen molar-refractivity contribution in [2.45, 2.75) is 57.6 Å². The number of phosphoric acid groups is 1. The van der Waals surface area contributed by atoms with Crippen molar-refractivity contribution in [3.8, 4) is 0 Å². The lowest BCUT2D eigenvalue weighted by atomic mass is 9.96. The van der Waals surface area contributed by atoms with Gasteiger partial charge in [-0.3, -0.25) is 4.52 Å². The molecule has 1 aliphatic rings. The van der Waals surface area contributed by atoms with Crippen molar-refractivity contribution in [2.24, 2.45) is 0 Å². The molecule has 1 rings (SSSR count). The van der Waals surface area contributed by atoms with E-state index in [2.05, 4.69) is 34.9 Å². The van der Waals surface area contributed by atoms with Gasteiger partial charge in [0.1, 0.15) is 30.5 Å². The highest BCUT2D eigenvalue weighted by Gasteiger charge is 2.46. The van der Waals surface area contributed by atoms with E-state index >= 15 is 0 Å². The molecule has 0 aromatic heterocycles. The minimum absolute atomic E-state index is 0.887. The van der Waals surface area contributed by atoms with Crippen molar-refractivity contribution < 1.29 is 49.1 Å². The predicted octanol–water partition coefficient (Wildman–Crippen LogP) is -2.40. The third-order valence-electron chi connectivity index (χ3n) is 3.76. The lowest BCUT2D eigenvalue weighted by molar-refractivity contribution is -0.298. The van der Waals surface area contributed by atoms with E-state index in [9.17, 15) is 19.9 Å². The first-order valence-corrected chi connectivity index (χ1v) is 9.49. The van der Waals surface area contributed by atoms with Crippen LogP contribution in [0.2, 0.25) is 0 Å². The van der Waals surface area contributed by atoms with Gasteiger partial charge in [-0.2, -0.15) is 0 Å². The maximum atomic E-state index is 10.4. The van der Waals surface area contributed by atoms with Gasteiger partial charge in [0.05, 0.1) is 6.61 Å². The molecule has 11 nitrogen and oxygen atoms in total. The van der Waals surface area contributed by atoms with Gasteiger partial charge in [-0.05, 0) is 19.6 Å². The molecule has 1 aliphatic heterocycles. The van der Waals surface area contributed by atoms with Crippen LogP contribution < -0.4 is 0 Å². The average molecular weight is 391 g/mol.